The van der Waals surface area contributed by atoms with Gasteiger partial charge in [-0.15, -0.1) is 0 Å². The summed E-state index contributed by atoms with van der Waals surface area (Å²) in [6, 6.07) is 11.8. The minimum absolute atomic E-state index is 0.106. The van der Waals surface area contributed by atoms with Gasteiger partial charge < -0.3 is 19.7 Å². The Bertz CT molecular complexity index is 1080. The van der Waals surface area contributed by atoms with Gasteiger partial charge in [-0.1, -0.05) is 24.3 Å². The number of carbonyl (C=O) groups is 1. The first-order valence-electron chi connectivity index (χ1n) is 11.0. The number of hydrogen-bond donors (Lipinski definition) is 1. The smallest absolute Gasteiger partial charge is 0.251 e. The van der Waals surface area contributed by atoms with Gasteiger partial charge in [0, 0.05) is 44.8 Å². The van der Waals surface area contributed by atoms with Crippen molar-refractivity contribution in [2.45, 2.75) is 13.3 Å². The molecule has 0 radical (unpaired) electrons. The first kappa shape index (κ1) is 22.4. The fourth-order valence-corrected chi connectivity index (χ4v) is 4.96. The zero-order valence-electron chi connectivity index (χ0n) is 18.9. The highest BCUT2D eigenvalue weighted by Gasteiger charge is 2.20. The predicted molar refractivity (Wildman–Crippen MR) is 130 cm³/mol. The molecule has 1 aliphatic rings. The maximum absolute atomic E-state index is 12.5. The molecular weight excluding hydrogens is 424 g/mol. The maximum atomic E-state index is 12.5. The van der Waals surface area contributed by atoms with E-state index in [0.717, 1.165) is 49.8 Å². The number of methoxy groups -OCH3 is 2. The van der Waals surface area contributed by atoms with E-state index in [9.17, 15) is 4.79 Å². The Balaban J connectivity index is 1.25. The topological polar surface area (TPSA) is 66.9 Å². The third kappa shape index (κ3) is 4.97. The van der Waals surface area contributed by atoms with Crippen molar-refractivity contribution in [1.82, 2.24) is 15.2 Å². The Morgan fingerprint density at radius 1 is 1.06 bits per heavy atom. The van der Waals surface area contributed by atoms with Gasteiger partial charge in [-0.2, -0.15) is 0 Å². The Kier molecular flexibility index (Phi) is 7.12. The lowest BCUT2D eigenvalue weighted by Gasteiger charge is -2.34. The number of fused-ring (bicyclic) bond motifs is 1. The number of hydrogen-bond acceptors (Lipinski definition) is 7. The number of thiazole rings is 1. The predicted octanol–water partition coefficient (Wildman–Crippen LogP) is 3.43. The lowest BCUT2D eigenvalue weighted by Crippen LogP contribution is -2.48. The quantitative estimate of drug-likeness (QED) is 0.563. The van der Waals surface area contributed by atoms with E-state index in [1.54, 1.807) is 43.8 Å². The number of aromatic nitrogens is 1. The SMILES string of the molecule is CCc1ccc2nc(N3CCN(CCNC(=O)c4ccc(OC)c(OC)c4)CC3)sc2c1. The molecule has 3 aromatic rings. The van der Waals surface area contributed by atoms with Gasteiger partial charge in [0.1, 0.15) is 0 Å². The third-order valence-corrected chi connectivity index (χ3v) is 6.93. The van der Waals surface area contributed by atoms with Crippen molar-refractivity contribution in [1.29, 1.82) is 0 Å². The number of benzene rings is 2. The van der Waals surface area contributed by atoms with E-state index < -0.39 is 0 Å². The van der Waals surface area contributed by atoms with Gasteiger partial charge in [0.2, 0.25) is 0 Å². The average Bonchev–Trinajstić information content (AvgIpc) is 3.27. The number of amides is 1. The largest absolute Gasteiger partial charge is 0.493 e. The van der Waals surface area contributed by atoms with Gasteiger partial charge in [0.15, 0.2) is 16.6 Å². The molecule has 7 nitrogen and oxygen atoms in total. The highest BCUT2D eigenvalue weighted by molar-refractivity contribution is 7.22. The molecule has 0 atom stereocenters. The second-order valence-corrected chi connectivity index (χ2v) is 8.82. The monoisotopic (exact) mass is 454 g/mol. The van der Waals surface area contributed by atoms with Crippen LogP contribution in [0.4, 0.5) is 5.13 Å². The molecule has 0 aliphatic carbocycles. The first-order chi connectivity index (χ1) is 15.6. The summed E-state index contributed by atoms with van der Waals surface area (Å²) in [4.78, 5) is 22.1. The Morgan fingerprint density at radius 3 is 2.56 bits per heavy atom. The number of piperazine rings is 1. The van der Waals surface area contributed by atoms with Crippen molar-refractivity contribution < 1.29 is 14.3 Å². The minimum atomic E-state index is -0.106. The second kappa shape index (κ2) is 10.2. The van der Waals surface area contributed by atoms with Crippen molar-refractivity contribution in [3.05, 3.63) is 47.5 Å². The lowest BCUT2D eigenvalue weighted by atomic mass is 10.2. The van der Waals surface area contributed by atoms with Crippen LogP contribution in [0.3, 0.4) is 0 Å². The van der Waals surface area contributed by atoms with Crippen LogP contribution in [0, 0.1) is 0 Å². The van der Waals surface area contributed by atoms with Crippen LogP contribution in [0.5, 0.6) is 11.5 Å². The van der Waals surface area contributed by atoms with Crippen LogP contribution >= 0.6 is 11.3 Å². The van der Waals surface area contributed by atoms with Gasteiger partial charge >= 0.3 is 0 Å². The van der Waals surface area contributed by atoms with E-state index in [0.29, 0.717) is 23.6 Å². The molecule has 170 valence electrons. The average molecular weight is 455 g/mol. The van der Waals surface area contributed by atoms with E-state index in [1.807, 2.05) is 0 Å². The van der Waals surface area contributed by atoms with E-state index in [-0.39, 0.29) is 5.91 Å². The molecule has 1 aromatic heterocycles. The molecule has 0 saturated carbocycles. The van der Waals surface area contributed by atoms with Crippen molar-refractivity contribution in [3.8, 4) is 11.5 Å². The number of nitrogens with zero attached hydrogens (tertiary/aromatic N) is 3. The molecule has 1 amide bonds. The number of ether oxygens (including phenoxy) is 2. The van der Waals surface area contributed by atoms with Gasteiger partial charge in [-0.3, -0.25) is 9.69 Å². The van der Waals surface area contributed by atoms with Gasteiger partial charge in [-0.05, 0) is 42.3 Å². The van der Waals surface area contributed by atoms with E-state index in [4.69, 9.17) is 14.5 Å². The molecule has 0 bridgehead atoms. The first-order valence-corrected chi connectivity index (χ1v) is 11.8. The van der Waals surface area contributed by atoms with Crippen molar-refractivity contribution in [3.63, 3.8) is 0 Å². The standard InChI is InChI=1S/C24H30N4O3S/c1-4-17-5-7-19-22(15-17)32-24(26-19)28-13-11-27(12-14-28)10-9-25-23(29)18-6-8-20(30-2)21(16-18)31-3/h5-8,15-16H,4,9-14H2,1-3H3,(H,25,29). The number of anilines is 1. The van der Waals surface area contributed by atoms with Crippen LogP contribution in [-0.2, 0) is 6.42 Å². The lowest BCUT2D eigenvalue weighted by molar-refractivity contribution is 0.0947. The van der Waals surface area contributed by atoms with Crippen molar-refractivity contribution in [2.75, 3.05) is 58.4 Å². The molecule has 0 unspecified atom stereocenters. The molecule has 0 spiro atoms. The van der Waals surface area contributed by atoms with Gasteiger partial charge in [-0.25, -0.2) is 4.98 Å². The number of carbonyl (C=O) groups excluding carboxylic acids is 1. The molecule has 2 heterocycles. The zero-order valence-corrected chi connectivity index (χ0v) is 19.7. The molecule has 2 aromatic carbocycles. The zero-order chi connectivity index (χ0) is 22.5. The van der Waals surface area contributed by atoms with Crippen molar-refractivity contribution >= 4 is 32.6 Å². The summed E-state index contributed by atoms with van der Waals surface area (Å²) in [6.07, 6.45) is 1.05. The molecule has 1 fully saturated rings. The molecule has 1 N–H and O–H groups in total. The second-order valence-electron chi connectivity index (χ2n) is 7.81. The third-order valence-electron chi connectivity index (χ3n) is 5.85. The summed E-state index contributed by atoms with van der Waals surface area (Å²) in [7, 11) is 3.15. The summed E-state index contributed by atoms with van der Waals surface area (Å²) in [6.45, 7) is 7.43. The molecule has 1 aliphatic heterocycles. The normalized spacial score (nSPS) is 14.5. The summed E-state index contributed by atoms with van der Waals surface area (Å²) in [5.41, 5.74) is 3.00. The fourth-order valence-electron chi connectivity index (χ4n) is 3.88. The molecule has 1 saturated heterocycles. The Labute approximate surface area is 192 Å². The van der Waals surface area contributed by atoms with Crippen LogP contribution in [0.2, 0.25) is 0 Å². The van der Waals surface area contributed by atoms with Gasteiger partial charge in [0.25, 0.3) is 5.91 Å². The number of rotatable bonds is 8. The molecule has 4 rings (SSSR count). The highest BCUT2D eigenvalue weighted by atomic mass is 32.1. The Morgan fingerprint density at radius 2 is 1.84 bits per heavy atom. The molecule has 8 heteroatoms. The number of nitrogens with one attached hydrogen (secondary N) is 1. The van der Waals surface area contributed by atoms with E-state index in [2.05, 4.69) is 40.2 Å². The van der Waals surface area contributed by atoms with Crippen LogP contribution < -0.4 is 19.7 Å². The summed E-state index contributed by atoms with van der Waals surface area (Å²) >= 11 is 1.78. The summed E-state index contributed by atoms with van der Waals surface area (Å²) < 4.78 is 11.8. The summed E-state index contributed by atoms with van der Waals surface area (Å²) in [5, 5.41) is 4.11. The van der Waals surface area contributed by atoms with Gasteiger partial charge in [0.05, 0.1) is 24.4 Å². The van der Waals surface area contributed by atoms with Crippen molar-refractivity contribution in [2.24, 2.45) is 0 Å². The highest BCUT2D eigenvalue weighted by Crippen LogP contribution is 2.30. The molecule has 32 heavy (non-hydrogen) atoms. The number of aryl methyl sites for hydroxylation is 1. The van der Waals surface area contributed by atoms with Crippen LogP contribution in [0.1, 0.15) is 22.8 Å². The van der Waals surface area contributed by atoms with Crippen LogP contribution in [-0.4, -0.2) is 69.3 Å². The Hall–Kier alpha value is -2.84. The maximum Gasteiger partial charge on any atom is 0.251 e. The summed E-state index contributed by atoms with van der Waals surface area (Å²) in [5.74, 6) is 1.06. The fraction of sp³-hybridized carbons (Fsp3) is 0.417. The van der Waals surface area contributed by atoms with Crippen LogP contribution in [0.25, 0.3) is 10.2 Å². The van der Waals surface area contributed by atoms with Crippen LogP contribution in [0.15, 0.2) is 36.4 Å². The van der Waals surface area contributed by atoms with E-state index >= 15 is 0 Å². The van der Waals surface area contributed by atoms with E-state index in [1.165, 1.54) is 10.3 Å². The minimum Gasteiger partial charge on any atom is -0.493 e. The molecular formula is C24H30N4O3S.